The van der Waals surface area contributed by atoms with E-state index >= 15 is 0 Å². The van der Waals surface area contributed by atoms with E-state index in [1.165, 1.54) is 40.4 Å². The zero-order chi connectivity index (χ0) is 26.9. The summed E-state index contributed by atoms with van der Waals surface area (Å²) in [5, 5.41) is 0. The number of rotatable bonds is 0. The summed E-state index contributed by atoms with van der Waals surface area (Å²) < 4.78 is 6.02. The molecule has 0 aliphatic carbocycles. The molecule has 0 bridgehead atoms. The van der Waals surface area contributed by atoms with Gasteiger partial charge in [0.2, 0.25) is 0 Å². The van der Waals surface area contributed by atoms with Gasteiger partial charge in [0.1, 0.15) is 0 Å². The monoisotopic (exact) mass is 546 g/mol. The molecule has 0 spiro atoms. The molecule has 4 aromatic heterocycles. The van der Waals surface area contributed by atoms with E-state index in [0.29, 0.717) is 0 Å². The average Bonchev–Trinajstić information content (AvgIpc) is 3.36. The van der Waals surface area contributed by atoms with Crippen LogP contribution in [0.1, 0.15) is 119 Å². The average molecular weight is 547 g/mol. The number of thiophene rings is 4. The van der Waals surface area contributed by atoms with Crippen molar-refractivity contribution in [3.05, 3.63) is 42.3 Å². The Morgan fingerprint density at radius 2 is 0.771 bits per heavy atom. The Morgan fingerprint density at radius 3 is 1.09 bits per heavy atom. The second-order valence-corrected chi connectivity index (χ2v) is 18.3. The minimum Gasteiger partial charge on any atom is -0.139 e. The van der Waals surface area contributed by atoms with Crippen molar-refractivity contribution in [2.45, 2.75) is 126 Å². The van der Waals surface area contributed by atoms with Crippen LogP contribution in [0.2, 0.25) is 0 Å². The molecule has 0 fully saturated rings. The van der Waals surface area contributed by atoms with E-state index in [1.807, 2.05) is 45.3 Å². The zero-order valence-corrected chi connectivity index (χ0v) is 28.0. The van der Waals surface area contributed by atoms with E-state index in [4.69, 9.17) is 0 Å². The topological polar surface area (TPSA) is 0 Å². The van der Waals surface area contributed by atoms with Gasteiger partial charge in [0.15, 0.2) is 0 Å². The van der Waals surface area contributed by atoms with Crippen LogP contribution < -0.4 is 0 Å². The predicted octanol–water partition coefficient (Wildman–Crippen LogP) is 12.0. The molecule has 35 heavy (non-hydrogen) atoms. The lowest BCUT2D eigenvalue weighted by Gasteiger charge is -2.19. The van der Waals surface area contributed by atoms with E-state index in [1.54, 1.807) is 14.6 Å². The second-order valence-electron chi connectivity index (χ2n) is 14.1. The molecule has 0 aliphatic heterocycles. The summed E-state index contributed by atoms with van der Waals surface area (Å²) in [6, 6.07) is 2.40. The van der Waals surface area contributed by atoms with Crippen LogP contribution >= 0.6 is 45.3 Å². The number of hydrogen-bond acceptors (Lipinski definition) is 4. The van der Waals surface area contributed by atoms with Crippen LogP contribution in [0.5, 0.6) is 0 Å². The Morgan fingerprint density at radius 1 is 0.429 bits per heavy atom. The van der Waals surface area contributed by atoms with Gasteiger partial charge in [0.25, 0.3) is 0 Å². The van der Waals surface area contributed by atoms with Crippen molar-refractivity contribution in [2.24, 2.45) is 0 Å². The predicted molar refractivity (Wildman–Crippen MR) is 168 cm³/mol. The fourth-order valence-electron chi connectivity index (χ4n) is 4.67. The molecule has 4 aromatic rings. The third-order valence-electron chi connectivity index (χ3n) is 6.35. The molecule has 0 atom stereocenters. The summed E-state index contributed by atoms with van der Waals surface area (Å²) in [4.78, 5) is 6.14. The molecule has 0 amide bonds. The van der Waals surface area contributed by atoms with E-state index in [0.717, 1.165) is 0 Å². The molecular weight excluding hydrogens is 501 g/mol. The maximum Gasteiger partial charge on any atom is 0.0488 e. The van der Waals surface area contributed by atoms with Crippen molar-refractivity contribution >= 4 is 64.1 Å². The lowest BCUT2D eigenvalue weighted by Crippen LogP contribution is -2.10. The van der Waals surface area contributed by atoms with Gasteiger partial charge >= 0.3 is 0 Å². The van der Waals surface area contributed by atoms with Gasteiger partial charge in [-0.3, -0.25) is 0 Å². The quantitative estimate of drug-likeness (QED) is 0.206. The summed E-state index contributed by atoms with van der Waals surface area (Å²) in [5.74, 6) is 0. The van der Waals surface area contributed by atoms with Gasteiger partial charge in [-0.05, 0) is 65.2 Å². The Labute approximate surface area is 230 Å². The van der Waals surface area contributed by atoms with Gasteiger partial charge in [-0.1, -0.05) is 83.1 Å². The lowest BCUT2D eigenvalue weighted by atomic mass is 9.91. The van der Waals surface area contributed by atoms with Crippen LogP contribution in [0.25, 0.3) is 18.8 Å². The third kappa shape index (κ3) is 5.76. The van der Waals surface area contributed by atoms with Gasteiger partial charge in [-0.25, -0.2) is 0 Å². The van der Waals surface area contributed by atoms with Crippen molar-refractivity contribution in [2.75, 3.05) is 0 Å². The highest BCUT2D eigenvalue weighted by atomic mass is 32.1. The molecule has 0 radical (unpaired) electrons. The molecule has 0 N–H and O–H groups in total. The van der Waals surface area contributed by atoms with Gasteiger partial charge in [0, 0.05) is 38.3 Å². The first-order chi connectivity index (χ1) is 15.6. The number of fused-ring (bicyclic) bond motifs is 2. The Balaban J connectivity index is 0.000000196. The van der Waals surface area contributed by atoms with Crippen LogP contribution in [0.15, 0.2) is 6.07 Å². The minimum absolute atomic E-state index is 0.266. The fraction of sp³-hybridized carbons (Fsp3) is 0.613. The zero-order valence-electron chi connectivity index (χ0n) is 24.7. The Bertz CT molecular complexity index is 1280. The summed E-state index contributed by atoms with van der Waals surface area (Å²) in [6.45, 7) is 34.6. The maximum absolute atomic E-state index is 2.40. The van der Waals surface area contributed by atoms with Crippen LogP contribution in [-0.4, -0.2) is 0 Å². The SMILES string of the molecule is Cc1c(C(C)(C)C)sc2c(C)c(C(C)(C)C)sc12.Cc1c(C(C)(C)C)sc2cc(C(C)(C)C)sc12. The summed E-state index contributed by atoms with van der Waals surface area (Å²) in [7, 11) is 0. The summed E-state index contributed by atoms with van der Waals surface area (Å²) >= 11 is 7.97. The van der Waals surface area contributed by atoms with Crippen molar-refractivity contribution in [1.82, 2.24) is 0 Å². The van der Waals surface area contributed by atoms with Gasteiger partial charge in [-0.15, -0.1) is 45.3 Å². The lowest BCUT2D eigenvalue weighted by molar-refractivity contribution is 0.600. The van der Waals surface area contributed by atoms with Crippen LogP contribution in [-0.2, 0) is 21.7 Å². The fourth-order valence-corrected chi connectivity index (χ4v) is 10.3. The van der Waals surface area contributed by atoms with E-state index in [2.05, 4.69) is 110 Å². The second kappa shape index (κ2) is 9.26. The first-order valence-corrected chi connectivity index (χ1v) is 16.0. The van der Waals surface area contributed by atoms with Crippen molar-refractivity contribution in [3.8, 4) is 0 Å². The summed E-state index contributed by atoms with van der Waals surface area (Å²) in [6.07, 6.45) is 0. The molecule has 0 aromatic carbocycles. The molecule has 0 saturated carbocycles. The first kappa shape index (κ1) is 28.9. The first-order valence-electron chi connectivity index (χ1n) is 12.7. The van der Waals surface area contributed by atoms with Crippen molar-refractivity contribution in [1.29, 1.82) is 0 Å². The smallest absolute Gasteiger partial charge is 0.0488 e. The van der Waals surface area contributed by atoms with Gasteiger partial charge in [0.05, 0.1) is 0 Å². The largest absolute Gasteiger partial charge is 0.139 e. The van der Waals surface area contributed by atoms with Crippen LogP contribution in [0, 0.1) is 20.8 Å². The molecule has 0 nitrogen and oxygen atoms in total. The van der Waals surface area contributed by atoms with E-state index < -0.39 is 0 Å². The molecule has 0 saturated heterocycles. The Hall–Kier alpha value is -0.680. The van der Waals surface area contributed by atoms with E-state index in [9.17, 15) is 0 Å². The maximum atomic E-state index is 2.40. The number of aryl methyl sites for hydroxylation is 3. The summed E-state index contributed by atoms with van der Waals surface area (Å²) in [5.41, 5.74) is 5.59. The molecule has 0 aliphatic rings. The normalized spacial score (nSPS) is 13.6. The van der Waals surface area contributed by atoms with Crippen LogP contribution in [0.3, 0.4) is 0 Å². The van der Waals surface area contributed by atoms with Crippen molar-refractivity contribution < 1.29 is 0 Å². The molecule has 4 heteroatoms. The number of hydrogen-bond donors (Lipinski definition) is 0. The molecule has 0 unspecified atom stereocenters. The molecular formula is C31H46S4. The molecule has 194 valence electrons. The molecule has 4 heterocycles. The Kier molecular flexibility index (Phi) is 7.64. The highest BCUT2D eigenvalue weighted by Crippen LogP contribution is 2.47. The molecule has 4 rings (SSSR count). The minimum atomic E-state index is 0.266. The third-order valence-corrected chi connectivity index (χ3v) is 13.6. The highest BCUT2D eigenvalue weighted by Gasteiger charge is 2.27. The van der Waals surface area contributed by atoms with Crippen LogP contribution in [0.4, 0.5) is 0 Å². The van der Waals surface area contributed by atoms with E-state index in [-0.39, 0.29) is 21.7 Å². The van der Waals surface area contributed by atoms with Crippen molar-refractivity contribution in [3.63, 3.8) is 0 Å². The van der Waals surface area contributed by atoms with Gasteiger partial charge in [-0.2, -0.15) is 0 Å². The standard InChI is InChI=1S/C16H24S2.C15H22S2/c1-9-11-12(18-13(9)15(3,4)5)10(2)14(17-11)16(6,7)8;1-9-12-10(16-13(9)15(5,6)7)8-11(17-12)14(2,3)4/h1-8H3;8H,1-7H3. The van der Waals surface area contributed by atoms with Gasteiger partial charge < -0.3 is 0 Å². The highest BCUT2D eigenvalue weighted by molar-refractivity contribution is 7.29.